The molecule has 2 N–H and O–H groups in total. The fourth-order valence-electron chi connectivity index (χ4n) is 1.07. The molecule has 76 valence electrons. The summed E-state index contributed by atoms with van der Waals surface area (Å²) in [5.74, 6) is 0.588. The van der Waals surface area contributed by atoms with Crippen LogP contribution in [-0.4, -0.2) is 35.3 Å². The van der Waals surface area contributed by atoms with E-state index in [1.54, 1.807) is 0 Å². The second-order valence-electron chi connectivity index (χ2n) is 3.72. The smallest absolute Gasteiger partial charge is 0.237 e. The van der Waals surface area contributed by atoms with Crippen molar-refractivity contribution in [3.63, 3.8) is 0 Å². The first-order valence-corrected chi connectivity index (χ1v) is 4.63. The van der Waals surface area contributed by atoms with Crippen molar-refractivity contribution in [3.05, 3.63) is 10.1 Å². The lowest BCUT2D eigenvalue weighted by molar-refractivity contribution is -0.528. The minimum Gasteiger partial charge on any atom is -0.393 e. The van der Waals surface area contributed by atoms with E-state index in [9.17, 15) is 10.1 Å². The van der Waals surface area contributed by atoms with Crippen molar-refractivity contribution in [2.75, 3.05) is 13.1 Å². The third-order valence-corrected chi connectivity index (χ3v) is 2.63. The first-order chi connectivity index (χ1) is 6.11. The first kappa shape index (κ1) is 10.4. The third kappa shape index (κ3) is 2.93. The molecule has 13 heavy (non-hydrogen) atoms. The number of nitro groups is 1. The van der Waals surface area contributed by atoms with Gasteiger partial charge in [-0.05, 0) is 18.8 Å². The van der Waals surface area contributed by atoms with Gasteiger partial charge in [-0.2, -0.15) is 0 Å². The van der Waals surface area contributed by atoms with Gasteiger partial charge < -0.3 is 10.4 Å². The molecule has 2 fully saturated rings. The highest BCUT2D eigenvalue weighted by Crippen LogP contribution is 2.25. The van der Waals surface area contributed by atoms with Gasteiger partial charge in [-0.3, -0.25) is 10.1 Å². The maximum atomic E-state index is 9.75. The van der Waals surface area contributed by atoms with Crippen LogP contribution in [0.5, 0.6) is 0 Å². The van der Waals surface area contributed by atoms with E-state index in [0.717, 1.165) is 6.42 Å². The molecule has 0 aromatic rings. The molecule has 0 aromatic heterocycles. The molecule has 1 aliphatic carbocycles. The average Bonchev–Trinajstić information content (AvgIpc) is 1.98. The Balaban J connectivity index is 0.000000132. The van der Waals surface area contributed by atoms with Gasteiger partial charge in [0.2, 0.25) is 6.04 Å². The van der Waals surface area contributed by atoms with Crippen LogP contribution in [0.1, 0.15) is 19.8 Å². The number of nitrogens with zero attached hydrogens (tertiary/aromatic N) is 1. The van der Waals surface area contributed by atoms with Gasteiger partial charge in [-0.25, -0.2) is 0 Å². The van der Waals surface area contributed by atoms with Crippen molar-refractivity contribution < 1.29 is 10.0 Å². The SMILES string of the molecule is CC1CCC1O.O=[N+]([O-])C1CNC1. The van der Waals surface area contributed by atoms with E-state index >= 15 is 0 Å². The molecule has 2 aliphatic rings. The molecular weight excluding hydrogens is 172 g/mol. The number of nitrogens with one attached hydrogen (secondary N) is 1. The van der Waals surface area contributed by atoms with E-state index in [1.807, 2.05) is 0 Å². The Kier molecular flexibility index (Phi) is 3.62. The van der Waals surface area contributed by atoms with Crippen molar-refractivity contribution in [2.45, 2.75) is 31.9 Å². The Bertz CT molecular complexity index is 174. The van der Waals surface area contributed by atoms with Crippen LogP contribution in [0, 0.1) is 16.0 Å². The van der Waals surface area contributed by atoms with Gasteiger partial charge in [-0.1, -0.05) is 6.92 Å². The summed E-state index contributed by atoms with van der Waals surface area (Å²) in [6.45, 7) is 3.17. The molecule has 2 atom stereocenters. The highest BCUT2D eigenvalue weighted by atomic mass is 16.6. The number of rotatable bonds is 1. The minimum absolute atomic E-state index is 0.0324. The Morgan fingerprint density at radius 3 is 2.00 bits per heavy atom. The van der Waals surface area contributed by atoms with E-state index in [0.29, 0.717) is 19.0 Å². The Labute approximate surface area is 77.3 Å². The molecule has 0 radical (unpaired) electrons. The molecule has 0 spiro atoms. The number of hydrogen-bond donors (Lipinski definition) is 2. The highest BCUT2D eigenvalue weighted by molar-refractivity contribution is 4.74. The van der Waals surface area contributed by atoms with Crippen LogP contribution < -0.4 is 5.32 Å². The lowest BCUT2D eigenvalue weighted by Gasteiger charge is -2.28. The fraction of sp³-hybridized carbons (Fsp3) is 1.00. The molecule has 0 aromatic carbocycles. The van der Waals surface area contributed by atoms with Gasteiger partial charge in [0.1, 0.15) is 0 Å². The summed E-state index contributed by atoms with van der Waals surface area (Å²) in [6, 6.07) is -0.306. The van der Waals surface area contributed by atoms with E-state index in [2.05, 4.69) is 12.2 Å². The summed E-state index contributed by atoms with van der Waals surface area (Å²) in [7, 11) is 0. The van der Waals surface area contributed by atoms with E-state index in [-0.39, 0.29) is 17.1 Å². The molecule has 5 heteroatoms. The number of hydrogen-bond acceptors (Lipinski definition) is 4. The highest BCUT2D eigenvalue weighted by Gasteiger charge is 2.26. The Hall–Kier alpha value is -0.680. The lowest BCUT2D eigenvalue weighted by atomic mass is 9.84. The van der Waals surface area contributed by atoms with Crippen molar-refractivity contribution in [2.24, 2.45) is 5.92 Å². The van der Waals surface area contributed by atoms with Gasteiger partial charge in [0.05, 0.1) is 19.2 Å². The molecule has 0 bridgehead atoms. The van der Waals surface area contributed by atoms with Crippen LogP contribution >= 0.6 is 0 Å². The van der Waals surface area contributed by atoms with Crippen LogP contribution in [0.25, 0.3) is 0 Å². The molecule has 1 saturated heterocycles. The van der Waals surface area contributed by atoms with Crippen LogP contribution in [-0.2, 0) is 0 Å². The average molecular weight is 188 g/mol. The first-order valence-electron chi connectivity index (χ1n) is 4.63. The number of aliphatic hydroxyl groups is 1. The van der Waals surface area contributed by atoms with Gasteiger partial charge >= 0.3 is 0 Å². The molecule has 0 amide bonds. The zero-order chi connectivity index (χ0) is 9.84. The van der Waals surface area contributed by atoms with Crippen molar-refractivity contribution in [3.8, 4) is 0 Å². The van der Waals surface area contributed by atoms with Gasteiger partial charge in [0.25, 0.3) is 0 Å². The van der Waals surface area contributed by atoms with Gasteiger partial charge in [0.15, 0.2) is 0 Å². The molecule has 5 nitrogen and oxygen atoms in total. The lowest BCUT2D eigenvalue weighted by Crippen LogP contribution is -2.51. The van der Waals surface area contributed by atoms with E-state index in [4.69, 9.17) is 5.11 Å². The largest absolute Gasteiger partial charge is 0.393 e. The Morgan fingerprint density at radius 1 is 1.46 bits per heavy atom. The summed E-state index contributed by atoms with van der Waals surface area (Å²) >= 11 is 0. The fourth-order valence-corrected chi connectivity index (χ4v) is 1.07. The zero-order valence-electron chi connectivity index (χ0n) is 7.77. The normalized spacial score (nSPS) is 32.2. The second-order valence-corrected chi connectivity index (χ2v) is 3.72. The quantitative estimate of drug-likeness (QED) is 0.449. The van der Waals surface area contributed by atoms with E-state index < -0.39 is 0 Å². The summed E-state index contributed by atoms with van der Waals surface area (Å²) in [5, 5.41) is 21.3. The van der Waals surface area contributed by atoms with Crippen molar-refractivity contribution in [1.29, 1.82) is 0 Å². The third-order valence-electron chi connectivity index (χ3n) is 2.63. The van der Waals surface area contributed by atoms with Crippen molar-refractivity contribution >= 4 is 0 Å². The molecule has 2 unspecified atom stereocenters. The van der Waals surface area contributed by atoms with Crippen molar-refractivity contribution in [1.82, 2.24) is 5.32 Å². The van der Waals surface area contributed by atoms with E-state index in [1.165, 1.54) is 6.42 Å². The van der Waals surface area contributed by atoms with Gasteiger partial charge in [0, 0.05) is 4.92 Å². The van der Waals surface area contributed by atoms with Crippen LogP contribution in [0.15, 0.2) is 0 Å². The Morgan fingerprint density at radius 2 is 2.00 bits per heavy atom. The molecule has 1 aliphatic heterocycles. The molecule has 1 saturated carbocycles. The zero-order valence-corrected chi connectivity index (χ0v) is 7.77. The standard InChI is InChI=1S/C5H10O.C3H6N2O2/c1-4-2-3-5(4)6;6-5(7)3-1-4-2-3/h4-6H,2-3H2,1H3;3-4H,1-2H2. The molecule has 2 rings (SSSR count). The summed E-state index contributed by atoms with van der Waals surface area (Å²) in [5.41, 5.74) is 0. The topological polar surface area (TPSA) is 75.4 Å². The minimum atomic E-state index is -0.306. The summed E-state index contributed by atoms with van der Waals surface area (Å²) in [4.78, 5) is 9.49. The van der Waals surface area contributed by atoms with Gasteiger partial charge in [-0.15, -0.1) is 0 Å². The van der Waals surface area contributed by atoms with Crippen LogP contribution in [0.3, 0.4) is 0 Å². The summed E-state index contributed by atoms with van der Waals surface area (Å²) < 4.78 is 0. The maximum absolute atomic E-state index is 9.75. The van der Waals surface area contributed by atoms with Crippen LogP contribution in [0.2, 0.25) is 0 Å². The maximum Gasteiger partial charge on any atom is 0.237 e. The predicted molar refractivity (Wildman–Crippen MR) is 48.1 cm³/mol. The molecule has 1 heterocycles. The second kappa shape index (κ2) is 4.53. The predicted octanol–water partition coefficient (Wildman–Crippen LogP) is 0.0121. The number of aliphatic hydroxyl groups excluding tert-OH is 1. The summed E-state index contributed by atoms with van der Waals surface area (Å²) in [6.07, 6.45) is 2.28. The molecular formula is C8H16N2O3. The van der Waals surface area contributed by atoms with Crippen LogP contribution in [0.4, 0.5) is 0 Å². The monoisotopic (exact) mass is 188 g/mol.